The fraction of sp³-hybridized carbons (Fsp3) is 0.316. The number of rotatable bonds is 4. The average molecular weight is 404 g/mol. The summed E-state index contributed by atoms with van der Waals surface area (Å²) >= 11 is 6.07. The molecule has 2 heterocycles. The van der Waals surface area contributed by atoms with E-state index in [1.165, 1.54) is 11.0 Å². The van der Waals surface area contributed by atoms with Crippen molar-refractivity contribution in [3.8, 4) is 5.75 Å². The van der Waals surface area contributed by atoms with E-state index in [1.54, 1.807) is 24.3 Å². The van der Waals surface area contributed by atoms with Crippen molar-refractivity contribution >= 4 is 28.9 Å². The maximum atomic E-state index is 13.2. The zero-order chi connectivity index (χ0) is 19.8. The molecule has 0 radical (unpaired) electrons. The largest absolute Gasteiger partial charge is 0.502 e. The Labute approximate surface area is 165 Å². The van der Waals surface area contributed by atoms with Crippen LogP contribution in [0.2, 0.25) is 5.02 Å². The van der Waals surface area contributed by atoms with Crippen molar-refractivity contribution in [3.63, 3.8) is 0 Å². The van der Waals surface area contributed by atoms with Gasteiger partial charge in [-0.15, -0.1) is 0 Å². The molecule has 1 saturated heterocycles. The van der Waals surface area contributed by atoms with Crippen LogP contribution in [0.1, 0.15) is 34.9 Å². The monoisotopic (exact) mass is 403 g/mol. The predicted octanol–water partition coefficient (Wildman–Crippen LogP) is 3.70. The Morgan fingerprint density at radius 2 is 2.14 bits per heavy atom. The van der Waals surface area contributed by atoms with Gasteiger partial charge in [0.15, 0.2) is 0 Å². The molecular formula is C19H18ClN3O5. The third-order valence-electron chi connectivity index (χ3n) is 5.02. The smallest absolute Gasteiger partial charge is 0.312 e. The van der Waals surface area contributed by atoms with Gasteiger partial charge in [0.05, 0.1) is 16.6 Å². The molecule has 2 N–H and O–H groups in total. The van der Waals surface area contributed by atoms with E-state index in [0.29, 0.717) is 24.4 Å². The molecular weight excluding hydrogens is 386 g/mol. The average Bonchev–Trinajstić information content (AvgIpc) is 3.18. The first-order valence-corrected chi connectivity index (χ1v) is 9.28. The Kier molecular flexibility index (Phi) is 4.82. The molecule has 2 aliphatic rings. The lowest BCUT2D eigenvalue weighted by atomic mass is 10.0. The fourth-order valence-electron chi connectivity index (χ4n) is 3.69. The molecule has 28 heavy (non-hydrogen) atoms. The quantitative estimate of drug-likeness (QED) is 0.595. The summed E-state index contributed by atoms with van der Waals surface area (Å²) in [6, 6.07) is 9.54. The van der Waals surface area contributed by atoms with Crippen LogP contribution in [0.25, 0.3) is 0 Å². The minimum Gasteiger partial charge on any atom is -0.502 e. The van der Waals surface area contributed by atoms with Crippen molar-refractivity contribution in [1.82, 2.24) is 4.90 Å². The van der Waals surface area contributed by atoms with Gasteiger partial charge in [-0.25, -0.2) is 0 Å². The minimum absolute atomic E-state index is 0.102. The number of hydrogen-bond donors (Lipinski definition) is 2. The van der Waals surface area contributed by atoms with Crippen molar-refractivity contribution in [3.05, 3.63) is 62.7 Å². The molecule has 0 aromatic heterocycles. The molecule has 4 rings (SSSR count). The number of carbonyl (C=O) groups excluding carboxylic acids is 1. The molecule has 146 valence electrons. The number of halogens is 1. The zero-order valence-corrected chi connectivity index (χ0v) is 15.6. The number of nitro benzene ring substituents is 1. The number of ether oxygens (including phenoxy) is 1. The van der Waals surface area contributed by atoms with E-state index < -0.39 is 22.5 Å². The molecule has 0 aliphatic carbocycles. The summed E-state index contributed by atoms with van der Waals surface area (Å²) in [5.41, 5.74) is 0.739. The van der Waals surface area contributed by atoms with Crippen LogP contribution < -0.4 is 5.32 Å². The summed E-state index contributed by atoms with van der Waals surface area (Å²) in [6.07, 6.45) is 0.786. The number of hydrogen-bond acceptors (Lipinski definition) is 6. The normalized spacial score (nSPS) is 21.3. The van der Waals surface area contributed by atoms with Crippen molar-refractivity contribution in [1.29, 1.82) is 0 Å². The summed E-state index contributed by atoms with van der Waals surface area (Å²) < 4.78 is 5.67. The Bertz CT molecular complexity index is 945. The van der Waals surface area contributed by atoms with Crippen LogP contribution in [-0.2, 0) is 4.74 Å². The van der Waals surface area contributed by atoms with E-state index in [4.69, 9.17) is 16.3 Å². The molecule has 0 unspecified atom stereocenters. The second-order valence-electron chi connectivity index (χ2n) is 6.80. The molecule has 1 fully saturated rings. The summed E-state index contributed by atoms with van der Waals surface area (Å²) in [4.78, 5) is 25.3. The highest BCUT2D eigenvalue weighted by Crippen LogP contribution is 2.42. The number of benzene rings is 2. The maximum absolute atomic E-state index is 13.2. The topological polar surface area (TPSA) is 105 Å². The molecule has 0 spiro atoms. The van der Waals surface area contributed by atoms with E-state index in [0.717, 1.165) is 18.9 Å². The number of nitro groups is 1. The van der Waals surface area contributed by atoms with Gasteiger partial charge in [-0.3, -0.25) is 14.9 Å². The summed E-state index contributed by atoms with van der Waals surface area (Å²) in [5, 5.41) is 25.1. The number of nitrogens with one attached hydrogen (secondary N) is 1. The molecule has 0 saturated carbocycles. The lowest BCUT2D eigenvalue weighted by Gasteiger charge is -2.39. The van der Waals surface area contributed by atoms with Crippen molar-refractivity contribution in [2.75, 3.05) is 18.5 Å². The number of phenolic OH excluding ortho intramolecular Hbond substituents is 1. The van der Waals surface area contributed by atoms with Crippen LogP contribution >= 0.6 is 11.6 Å². The van der Waals surface area contributed by atoms with Crippen LogP contribution in [0.15, 0.2) is 36.4 Å². The molecule has 8 nitrogen and oxygen atoms in total. The fourth-order valence-corrected chi connectivity index (χ4v) is 3.91. The van der Waals surface area contributed by atoms with Crippen LogP contribution in [0.4, 0.5) is 11.4 Å². The molecule has 2 aromatic rings. The highest BCUT2D eigenvalue weighted by molar-refractivity contribution is 6.31. The molecule has 2 aliphatic heterocycles. The summed E-state index contributed by atoms with van der Waals surface area (Å²) in [7, 11) is 0. The van der Waals surface area contributed by atoms with Crippen LogP contribution in [0.3, 0.4) is 0 Å². The third kappa shape index (κ3) is 3.25. The number of aromatic hydroxyl groups is 1. The van der Waals surface area contributed by atoms with Gasteiger partial charge in [0, 0.05) is 35.5 Å². The van der Waals surface area contributed by atoms with Crippen molar-refractivity contribution < 1.29 is 19.6 Å². The first-order valence-electron chi connectivity index (χ1n) is 8.90. The van der Waals surface area contributed by atoms with Crippen LogP contribution in [0, 0.1) is 10.1 Å². The number of amides is 1. The third-order valence-corrected chi connectivity index (χ3v) is 5.24. The van der Waals surface area contributed by atoms with E-state index in [2.05, 4.69) is 5.32 Å². The van der Waals surface area contributed by atoms with Gasteiger partial charge in [-0.2, -0.15) is 0 Å². The van der Waals surface area contributed by atoms with E-state index >= 15 is 0 Å². The molecule has 9 heteroatoms. The summed E-state index contributed by atoms with van der Waals surface area (Å²) in [5.74, 6) is -0.756. The lowest BCUT2D eigenvalue weighted by molar-refractivity contribution is -0.386. The van der Waals surface area contributed by atoms with Gasteiger partial charge >= 0.3 is 5.69 Å². The number of para-hydroxylation sites is 1. The lowest BCUT2D eigenvalue weighted by Crippen LogP contribution is -2.46. The first kappa shape index (κ1) is 18.5. The highest BCUT2D eigenvalue weighted by atomic mass is 35.5. The number of carbonyl (C=O) groups is 1. The predicted molar refractivity (Wildman–Crippen MR) is 103 cm³/mol. The Balaban J connectivity index is 1.81. The molecule has 1 amide bonds. The van der Waals surface area contributed by atoms with E-state index in [-0.39, 0.29) is 22.6 Å². The van der Waals surface area contributed by atoms with Crippen molar-refractivity contribution in [2.45, 2.75) is 25.1 Å². The van der Waals surface area contributed by atoms with E-state index in [9.17, 15) is 20.0 Å². The van der Waals surface area contributed by atoms with Gasteiger partial charge in [-0.05, 0) is 31.0 Å². The van der Waals surface area contributed by atoms with Gasteiger partial charge in [-0.1, -0.05) is 23.7 Å². The van der Waals surface area contributed by atoms with Gasteiger partial charge in [0.25, 0.3) is 5.91 Å². The Morgan fingerprint density at radius 3 is 2.86 bits per heavy atom. The molecule has 2 atom stereocenters. The van der Waals surface area contributed by atoms with Gasteiger partial charge < -0.3 is 20.1 Å². The number of nitrogens with zero attached hydrogens (tertiary/aromatic N) is 2. The second kappa shape index (κ2) is 7.29. The van der Waals surface area contributed by atoms with Gasteiger partial charge in [0.2, 0.25) is 5.75 Å². The number of phenols is 1. The minimum atomic E-state index is -0.816. The number of anilines is 1. The molecule has 2 aromatic carbocycles. The first-order chi connectivity index (χ1) is 13.5. The van der Waals surface area contributed by atoms with Crippen LogP contribution in [-0.4, -0.2) is 40.1 Å². The Hall–Kier alpha value is -2.84. The van der Waals surface area contributed by atoms with Gasteiger partial charge in [0.1, 0.15) is 6.17 Å². The van der Waals surface area contributed by atoms with E-state index in [1.807, 2.05) is 0 Å². The number of fused-ring (bicyclic) bond motifs is 1. The SMILES string of the molecule is O=C1c2ccccc2N[C@H](c2cc(Cl)cc([N+](=O)[O-])c2O)N1C[C@H]1CCCO1. The second-order valence-corrected chi connectivity index (χ2v) is 7.24. The molecule has 0 bridgehead atoms. The highest BCUT2D eigenvalue weighted by Gasteiger charge is 2.37. The standard InChI is InChI=1S/C19H18ClN3O5/c20-11-8-14(17(24)16(9-11)23(26)27)18-21-15-6-2-1-5-13(15)19(25)22(18)10-12-4-3-7-28-12/h1-2,5-6,8-9,12,18,21,24H,3-4,7,10H2/t12-,18+/m1/s1. The zero-order valence-electron chi connectivity index (χ0n) is 14.8. The maximum Gasteiger partial charge on any atom is 0.312 e. The van der Waals surface area contributed by atoms with Crippen LogP contribution in [0.5, 0.6) is 5.75 Å². The summed E-state index contributed by atoms with van der Waals surface area (Å²) in [6.45, 7) is 0.930. The van der Waals surface area contributed by atoms with Crippen molar-refractivity contribution in [2.24, 2.45) is 0 Å². The Morgan fingerprint density at radius 1 is 1.36 bits per heavy atom.